The summed E-state index contributed by atoms with van der Waals surface area (Å²) in [6, 6.07) is 12.0. The number of ether oxygens (including phenoxy) is 4. The van der Waals surface area contributed by atoms with Gasteiger partial charge in [0.15, 0.2) is 0 Å². The van der Waals surface area contributed by atoms with Crippen LogP contribution in [0.5, 0.6) is 11.5 Å². The Bertz CT molecular complexity index is 1260. The predicted molar refractivity (Wildman–Crippen MR) is 167 cm³/mol. The Hall–Kier alpha value is -3.27. The maximum absolute atomic E-state index is 13.0. The normalized spacial score (nSPS) is 21.6. The lowest BCUT2D eigenvalue weighted by atomic mass is 9.72. The van der Waals surface area contributed by atoms with Crippen LogP contribution in [0.25, 0.3) is 0 Å². The molecule has 9 nitrogen and oxygen atoms in total. The summed E-state index contributed by atoms with van der Waals surface area (Å²) in [6.45, 7) is 16.3. The number of aliphatic hydroxyl groups is 1. The van der Waals surface area contributed by atoms with Crippen molar-refractivity contribution in [2.75, 3.05) is 33.0 Å². The fourth-order valence-corrected chi connectivity index (χ4v) is 6.17. The molecule has 1 amide bonds. The third-order valence-corrected chi connectivity index (χ3v) is 8.47. The molecule has 3 N–H and O–H groups in total. The highest BCUT2D eigenvalue weighted by Crippen LogP contribution is 2.43. The number of carbonyl (C=O) groups excluding carboxylic acids is 1. The Morgan fingerprint density at radius 3 is 2.37 bits per heavy atom. The van der Waals surface area contributed by atoms with E-state index >= 15 is 0 Å². The number of carbonyl (C=O) groups is 1. The van der Waals surface area contributed by atoms with Crippen molar-refractivity contribution in [1.29, 1.82) is 0 Å². The minimum atomic E-state index is -0.759. The van der Waals surface area contributed by atoms with Crippen molar-refractivity contribution in [2.45, 2.75) is 91.2 Å². The van der Waals surface area contributed by atoms with Crippen molar-refractivity contribution < 1.29 is 28.8 Å². The lowest BCUT2D eigenvalue weighted by molar-refractivity contribution is -0.140. The quantitative estimate of drug-likeness (QED) is 0.250. The molecule has 1 spiro atoms. The van der Waals surface area contributed by atoms with Crippen LogP contribution in [0.1, 0.15) is 94.9 Å². The summed E-state index contributed by atoms with van der Waals surface area (Å²) < 4.78 is 24.3. The standard InChI is InChI=1S/C34H49N3O6/c1-8-40-27-19-34(20-27)33(39)35-21-30(36-34)37(16-17-43-25(7)26-14-12-11-13-15-26)23(5)28-18-29(41-9-2)31(24(6)38)32(22(28)4)42-10-3/h11-15,18,21,23-25,27,36,38H,8-10,16-17,19-20H2,1-7H3,(H,35,39)/t23-,24?,25+,27?,34?/m1/s1. The Balaban J connectivity index is 1.68. The van der Waals surface area contributed by atoms with Gasteiger partial charge in [0, 0.05) is 32.2 Å². The molecule has 0 saturated heterocycles. The van der Waals surface area contributed by atoms with Gasteiger partial charge in [-0.25, -0.2) is 0 Å². The Kier molecular flexibility index (Phi) is 11.0. The Labute approximate surface area is 256 Å². The van der Waals surface area contributed by atoms with Gasteiger partial charge in [-0.2, -0.15) is 0 Å². The highest BCUT2D eigenvalue weighted by Gasteiger charge is 2.53. The number of nitrogens with zero attached hydrogens (tertiary/aromatic N) is 1. The molecule has 1 unspecified atom stereocenters. The van der Waals surface area contributed by atoms with Gasteiger partial charge in [-0.05, 0) is 71.2 Å². The highest BCUT2D eigenvalue weighted by molar-refractivity contribution is 5.89. The van der Waals surface area contributed by atoms with Crippen molar-refractivity contribution in [1.82, 2.24) is 15.5 Å². The second-order valence-corrected chi connectivity index (χ2v) is 11.4. The fourth-order valence-electron chi connectivity index (χ4n) is 6.17. The minimum absolute atomic E-state index is 0.0384. The number of rotatable bonds is 15. The molecule has 236 valence electrons. The van der Waals surface area contributed by atoms with Gasteiger partial charge in [-0.15, -0.1) is 0 Å². The molecule has 0 bridgehead atoms. The summed E-state index contributed by atoms with van der Waals surface area (Å²) >= 11 is 0. The van der Waals surface area contributed by atoms with Crippen LogP contribution in [0.2, 0.25) is 0 Å². The Morgan fingerprint density at radius 1 is 1.05 bits per heavy atom. The average molecular weight is 596 g/mol. The zero-order valence-corrected chi connectivity index (χ0v) is 26.7. The first-order valence-electron chi connectivity index (χ1n) is 15.6. The number of hydrogen-bond donors (Lipinski definition) is 3. The van der Waals surface area contributed by atoms with Gasteiger partial charge in [-0.1, -0.05) is 30.3 Å². The van der Waals surface area contributed by atoms with Crippen LogP contribution in [0.15, 0.2) is 48.4 Å². The van der Waals surface area contributed by atoms with Crippen LogP contribution in [-0.4, -0.2) is 60.5 Å². The second kappa shape index (κ2) is 14.5. The molecule has 2 aromatic carbocycles. The first-order chi connectivity index (χ1) is 20.7. The number of nitrogens with one attached hydrogen (secondary N) is 2. The van der Waals surface area contributed by atoms with Crippen molar-refractivity contribution in [3.63, 3.8) is 0 Å². The summed E-state index contributed by atoms with van der Waals surface area (Å²) in [5, 5.41) is 17.3. The van der Waals surface area contributed by atoms with E-state index in [0.29, 0.717) is 62.9 Å². The second-order valence-electron chi connectivity index (χ2n) is 11.4. The third-order valence-electron chi connectivity index (χ3n) is 8.47. The SMILES string of the molecule is CCOc1cc([C@@H](C)N(CCO[C@@H](C)c2ccccc2)C2=CNC(=O)C3(CC(OCC)C3)N2)c(C)c(OCC)c1C(C)O. The largest absolute Gasteiger partial charge is 0.493 e. The van der Waals surface area contributed by atoms with Gasteiger partial charge < -0.3 is 39.6 Å². The van der Waals surface area contributed by atoms with Crippen LogP contribution in [0, 0.1) is 6.92 Å². The zero-order chi connectivity index (χ0) is 31.1. The summed E-state index contributed by atoms with van der Waals surface area (Å²) in [7, 11) is 0. The molecule has 1 fully saturated rings. The molecular weight excluding hydrogens is 546 g/mol. The van der Waals surface area contributed by atoms with E-state index in [1.807, 2.05) is 52.0 Å². The van der Waals surface area contributed by atoms with Crippen molar-refractivity contribution in [2.24, 2.45) is 0 Å². The molecule has 1 aliphatic carbocycles. The topological polar surface area (TPSA) is 102 Å². The van der Waals surface area contributed by atoms with Crippen LogP contribution in [0.3, 0.4) is 0 Å². The number of amides is 1. The first kappa shape index (κ1) is 32.6. The minimum Gasteiger partial charge on any atom is -0.493 e. The van der Waals surface area contributed by atoms with Crippen LogP contribution in [0.4, 0.5) is 0 Å². The highest BCUT2D eigenvalue weighted by atomic mass is 16.5. The zero-order valence-electron chi connectivity index (χ0n) is 26.7. The molecule has 2 aromatic rings. The average Bonchev–Trinajstić information content (AvgIpc) is 2.97. The molecule has 43 heavy (non-hydrogen) atoms. The molecule has 0 aromatic heterocycles. The summed E-state index contributed by atoms with van der Waals surface area (Å²) in [5.74, 6) is 2.03. The van der Waals surface area contributed by atoms with Gasteiger partial charge in [0.05, 0.1) is 49.7 Å². The van der Waals surface area contributed by atoms with Crippen molar-refractivity contribution >= 4 is 5.91 Å². The van der Waals surface area contributed by atoms with Crippen LogP contribution in [-0.2, 0) is 14.3 Å². The molecule has 1 saturated carbocycles. The van der Waals surface area contributed by atoms with Gasteiger partial charge in [0.1, 0.15) is 22.9 Å². The van der Waals surface area contributed by atoms with Crippen molar-refractivity contribution in [3.8, 4) is 11.5 Å². The van der Waals surface area contributed by atoms with E-state index in [0.717, 1.165) is 22.5 Å². The van der Waals surface area contributed by atoms with E-state index in [2.05, 4.69) is 41.5 Å². The monoisotopic (exact) mass is 595 g/mol. The molecule has 9 heteroatoms. The number of benzene rings is 2. The van der Waals surface area contributed by atoms with Gasteiger partial charge in [0.25, 0.3) is 0 Å². The summed E-state index contributed by atoms with van der Waals surface area (Å²) in [5.41, 5.74) is 3.00. The lowest BCUT2D eigenvalue weighted by Crippen LogP contribution is -2.69. The molecule has 0 radical (unpaired) electrons. The van der Waals surface area contributed by atoms with Crippen molar-refractivity contribution in [3.05, 3.63) is 70.7 Å². The van der Waals surface area contributed by atoms with E-state index in [1.165, 1.54) is 0 Å². The maximum atomic E-state index is 13.0. The first-order valence-corrected chi connectivity index (χ1v) is 15.6. The smallest absolute Gasteiger partial charge is 0.249 e. The number of hydrogen-bond acceptors (Lipinski definition) is 8. The summed E-state index contributed by atoms with van der Waals surface area (Å²) in [4.78, 5) is 15.3. The molecule has 1 aliphatic heterocycles. The molecule has 4 rings (SSSR count). The molecule has 2 aliphatic rings. The van der Waals surface area contributed by atoms with E-state index < -0.39 is 11.6 Å². The molecular formula is C34H49N3O6. The van der Waals surface area contributed by atoms with Crippen LogP contribution >= 0.6 is 0 Å². The maximum Gasteiger partial charge on any atom is 0.249 e. The molecule has 1 heterocycles. The lowest BCUT2D eigenvalue weighted by Gasteiger charge is -2.50. The number of aliphatic hydroxyl groups excluding tert-OH is 1. The summed E-state index contributed by atoms with van der Waals surface area (Å²) in [6.07, 6.45) is 2.20. The van der Waals surface area contributed by atoms with E-state index in [9.17, 15) is 9.90 Å². The van der Waals surface area contributed by atoms with E-state index in [-0.39, 0.29) is 24.2 Å². The fraction of sp³-hybridized carbons (Fsp3) is 0.559. The predicted octanol–water partition coefficient (Wildman–Crippen LogP) is 5.44. The molecule has 3 atom stereocenters. The third kappa shape index (κ3) is 7.11. The van der Waals surface area contributed by atoms with Crippen LogP contribution < -0.4 is 20.1 Å². The van der Waals surface area contributed by atoms with Gasteiger partial charge in [-0.3, -0.25) is 4.79 Å². The van der Waals surface area contributed by atoms with E-state index in [4.69, 9.17) is 18.9 Å². The van der Waals surface area contributed by atoms with Gasteiger partial charge >= 0.3 is 0 Å². The van der Waals surface area contributed by atoms with E-state index in [1.54, 1.807) is 13.1 Å². The van der Waals surface area contributed by atoms with Gasteiger partial charge in [0.2, 0.25) is 5.91 Å². The Morgan fingerprint density at radius 2 is 1.74 bits per heavy atom.